The van der Waals surface area contributed by atoms with Crippen LogP contribution in [-0.2, 0) is 14.3 Å². The van der Waals surface area contributed by atoms with Gasteiger partial charge in [0.15, 0.2) is 11.5 Å². The summed E-state index contributed by atoms with van der Waals surface area (Å²) in [6.07, 6.45) is 2.69. The summed E-state index contributed by atoms with van der Waals surface area (Å²) in [5.41, 5.74) is 1.36. The summed E-state index contributed by atoms with van der Waals surface area (Å²) >= 11 is 1.44. The van der Waals surface area contributed by atoms with Gasteiger partial charge in [0.2, 0.25) is 0 Å². The number of nitrogens with zero attached hydrogens (tertiary/aromatic N) is 1. The molecule has 2 amide bonds. The van der Waals surface area contributed by atoms with E-state index in [2.05, 4.69) is 12.2 Å². The minimum absolute atomic E-state index is 0.277. The number of benzene rings is 1. The molecule has 1 aromatic carbocycles. The maximum Gasteiger partial charge on any atom is 0.278 e. The van der Waals surface area contributed by atoms with E-state index in [1.165, 1.54) is 16.2 Å². The molecule has 2 aliphatic rings. The lowest BCUT2D eigenvalue weighted by Crippen LogP contribution is -2.34. The van der Waals surface area contributed by atoms with Crippen molar-refractivity contribution in [2.45, 2.75) is 26.2 Å². The molecule has 31 heavy (non-hydrogen) atoms. The Balaban J connectivity index is 1.52. The number of ether oxygens (including phenoxy) is 3. The highest BCUT2D eigenvalue weighted by molar-refractivity contribution is 7.11. The molecular formula is C23H26N2O5S. The zero-order valence-electron chi connectivity index (χ0n) is 17.5. The van der Waals surface area contributed by atoms with Crippen LogP contribution < -0.4 is 14.8 Å². The molecule has 1 N–H and O–H groups in total. The van der Waals surface area contributed by atoms with Crippen LogP contribution in [-0.4, -0.2) is 49.7 Å². The quantitative estimate of drug-likeness (QED) is 0.444. The van der Waals surface area contributed by atoms with Crippen molar-refractivity contribution < 1.29 is 23.8 Å². The van der Waals surface area contributed by atoms with Gasteiger partial charge >= 0.3 is 0 Å². The topological polar surface area (TPSA) is 77.1 Å². The van der Waals surface area contributed by atoms with E-state index in [1.54, 1.807) is 12.1 Å². The number of hydrogen-bond acceptors (Lipinski definition) is 7. The first-order valence-corrected chi connectivity index (χ1v) is 11.5. The second-order valence-electron chi connectivity index (χ2n) is 7.29. The number of thiophene rings is 1. The molecule has 0 atom stereocenters. The van der Waals surface area contributed by atoms with Gasteiger partial charge in [0.05, 0.1) is 5.57 Å². The highest BCUT2D eigenvalue weighted by atomic mass is 32.1. The standard InChI is InChI=1S/C23H26N2O5S/c1-2-3-10-28-11-5-9-25-22(26)20(19-6-4-14-31-19)21(23(25)27)24-16-7-8-17-18(15-16)30-13-12-29-17/h4,6-8,14-15,24H,2-3,5,9-13H2,1H3. The van der Waals surface area contributed by atoms with Gasteiger partial charge in [-0.15, -0.1) is 11.3 Å². The van der Waals surface area contributed by atoms with Crippen LogP contribution in [0.2, 0.25) is 0 Å². The number of anilines is 1. The number of imide groups is 1. The fourth-order valence-electron chi connectivity index (χ4n) is 3.48. The average molecular weight is 443 g/mol. The first-order valence-electron chi connectivity index (χ1n) is 10.6. The highest BCUT2D eigenvalue weighted by Crippen LogP contribution is 2.36. The van der Waals surface area contributed by atoms with Gasteiger partial charge in [-0.25, -0.2) is 0 Å². The maximum atomic E-state index is 13.2. The Hall–Kier alpha value is -2.84. The summed E-state index contributed by atoms with van der Waals surface area (Å²) in [5, 5.41) is 5.06. The van der Waals surface area contributed by atoms with Crippen LogP contribution in [0.15, 0.2) is 41.4 Å². The van der Waals surface area contributed by atoms with Crippen molar-refractivity contribution in [3.8, 4) is 11.5 Å². The van der Waals surface area contributed by atoms with Gasteiger partial charge in [-0.05, 0) is 36.4 Å². The lowest BCUT2D eigenvalue weighted by atomic mass is 10.1. The molecule has 0 bridgehead atoms. The zero-order valence-corrected chi connectivity index (χ0v) is 18.3. The lowest BCUT2D eigenvalue weighted by Gasteiger charge is -2.19. The van der Waals surface area contributed by atoms with E-state index in [1.807, 2.05) is 23.6 Å². The summed E-state index contributed by atoms with van der Waals surface area (Å²) in [4.78, 5) is 28.4. The Bertz CT molecular complexity index is 970. The summed E-state index contributed by atoms with van der Waals surface area (Å²) in [7, 11) is 0. The van der Waals surface area contributed by atoms with Crippen molar-refractivity contribution in [1.29, 1.82) is 0 Å². The first kappa shape index (κ1) is 21.4. The fourth-order valence-corrected chi connectivity index (χ4v) is 4.25. The number of nitrogens with one attached hydrogen (secondary N) is 1. The van der Waals surface area contributed by atoms with Crippen LogP contribution in [0.25, 0.3) is 5.57 Å². The number of hydrogen-bond donors (Lipinski definition) is 1. The Morgan fingerprint density at radius 3 is 2.65 bits per heavy atom. The average Bonchev–Trinajstić information content (AvgIpc) is 3.38. The third-order valence-electron chi connectivity index (χ3n) is 5.06. The summed E-state index contributed by atoms with van der Waals surface area (Å²) < 4.78 is 16.8. The number of amides is 2. The molecule has 0 aliphatic carbocycles. The molecule has 0 fully saturated rings. The molecule has 0 saturated heterocycles. The largest absolute Gasteiger partial charge is 0.486 e. The van der Waals surface area contributed by atoms with E-state index in [0.29, 0.717) is 62.2 Å². The third kappa shape index (κ3) is 4.75. The molecule has 0 saturated carbocycles. The highest BCUT2D eigenvalue weighted by Gasteiger charge is 2.39. The van der Waals surface area contributed by atoms with Gasteiger partial charge in [0, 0.05) is 36.4 Å². The van der Waals surface area contributed by atoms with E-state index in [4.69, 9.17) is 14.2 Å². The predicted molar refractivity (Wildman–Crippen MR) is 119 cm³/mol. The predicted octanol–water partition coefficient (Wildman–Crippen LogP) is 3.92. The SMILES string of the molecule is CCCCOCCCN1C(=O)C(Nc2ccc3c(c2)OCCO3)=C(c2cccs2)C1=O. The Morgan fingerprint density at radius 1 is 1.06 bits per heavy atom. The minimum Gasteiger partial charge on any atom is -0.486 e. The number of carbonyl (C=O) groups excluding carboxylic acids is 2. The van der Waals surface area contributed by atoms with Crippen molar-refractivity contribution in [3.05, 3.63) is 46.3 Å². The third-order valence-corrected chi connectivity index (χ3v) is 5.95. The van der Waals surface area contributed by atoms with Crippen LogP contribution in [0.1, 0.15) is 31.1 Å². The number of rotatable bonds is 10. The minimum atomic E-state index is -0.322. The van der Waals surface area contributed by atoms with Crippen molar-refractivity contribution in [1.82, 2.24) is 4.90 Å². The number of carbonyl (C=O) groups is 2. The van der Waals surface area contributed by atoms with Gasteiger partial charge in [0.25, 0.3) is 11.8 Å². The van der Waals surface area contributed by atoms with Crippen LogP contribution in [0, 0.1) is 0 Å². The van der Waals surface area contributed by atoms with Crippen molar-refractivity contribution in [3.63, 3.8) is 0 Å². The molecule has 3 heterocycles. The fraction of sp³-hybridized carbons (Fsp3) is 0.391. The first-order chi connectivity index (χ1) is 15.2. The van der Waals surface area contributed by atoms with Crippen molar-refractivity contribution >= 4 is 34.4 Å². The Morgan fingerprint density at radius 2 is 1.87 bits per heavy atom. The normalized spacial score (nSPS) is 15.7. The molecule has 0 unspecified atom stereocenters. The van der Waals surface area contributed by atoms with Gasteiger partial charge in [0.1, 0.15) is 18.9 Å². The molecule has 8 heteroatoms. The van der Waals surface area contributed by atoms with E-state index in [0.717, 1.165) is 17.7 Å². The van der Waals surface area contributed by atoms with Crippen LogP contribution >= 0.6 is 11.3 Å². The Labute approximate surface area is 185 Å². The molecule has 1 aromatic heterocycles. The molecule has 0 radical (unpaired) electrons. The van der Waals surface area contributed by atoms with E-state index in [-0.39, 0.29) is 17.5 Å². The van der Waals surface area contributed by atoms with Gasteiger partial charge < -0.3 is 19.5 Å². The van der Waals surface area contributed by atoms with Crippen molar-refractivity contribution in [2.75, 3.05) is 38.3 Å². The summed E-state index contributed by atoms with van der Waals surface area (Å²) in [6, 6.07) is 9.13. The maximum absolute atomic E-state index is 13.2. The van der Waals surface area contributed by atoms with Crippen LogP contribution in [0.3, 0.4) is 0 Å². The van der Waals surface area contributed by atoms with Gasteiger partial charge in [-0.3, -0.25) is 14.5 Å². The van der Waals surface area contributed by atoms with Gasteiger partial charge in [-0.2, -0.15) is 0 Å². The molecule has 2 aromatic rings. The number of fused-ring (bicyclic) bond motifs is 1. The van der Waals surface area contributed by atoms with Crippen LogP contribution in [0.5, 0.6) is 11.5 Å². The van der Waals surface area contributed by atoms with E-state index < -0.39 is 0 Å². The molecular weight excluding hydrogens is 416 g/mol. The smallest absolute Gasteiger partial charge is 0.278 e. The van der Waals surface area contributed by atoms with E-state index in [9.17, 15) is 9.59 Å². The molecule has 164 valence electrons. The summed E-state index contributed by atoms with van der Waals surface area (Å²) in [6.45, 7) is 4.65. The van der Waals surface area contributed by atoms with Crippen LogP contribution in [0.4, 0.5) is 5.69 Å². The molecule has 7 nitrogen and oxygen atoms in total. The zero-order chi connectivity index (χ0) is 21.6. The van der Waals surface area contributed by atoms with Crippen molar-refractivity contribution in [2.24, 2.45) is 0 Å². The van der Waals surface area contributed by atoms with Gasteiger partial charge in [-0.1, -0.05) is 19.4 Å². The van der Waals surface area contributed by atoms with E-state index >= 15 is 0 Å². The second kappa shape index (κ2) is 9.98. The molecule has 4 rings (SSSR count). The summed E-state index contributed by atoms with van der Waals surface area (Å²) in [5.74, 6) is 0.688. The monoisotopic (exact) mass is 442 g/mol. The Kier molecular flexibility index (Phi) is 6.89. The molecule has 2 aliphatic heterocycles. The number of unbranched alkanes of at least 4 members (excludes halogenated alkanes) is 1. The lowest BCUT2D eigenvalue weighted by molar-refractivity contribution is -0.137. The molecule has 0 spiro atoms. The second-order valence-corrected chi connectivity index (χ2v) is 8.24.